The first-order chi connectivity index (χ1) is 13.7. The van der Waals surface area contributed by atoms with Crippen LogP contribution in [0, 0.1) is 0 Å². The number of aliphatic imine (C=N–C) groups is 1. The van der Waals surface area contributed by atoms with E-state index in [1.54, 1.807) is 25.5 Å². The van der Waals surface area contributed by atoms with E-state index in [-0.39, 0.29) is 0 Å². The summed E-state index contributed by atoms with van der Waals surface area (Å²) in [5.41, 5.74) is 2.39. The van der Waals surface area contributed by atoms with E-state index in [2.05, 4.69) is 45.0 Å². The fraction of sp³-hybridized carbons (Fsp3) is 0.524. The van der Waals surface area contributed by atoms with Crippen LogP contribution < -0.4 is 20.1 Å². The molecule has 2 rings (SSSR count). The van der Waals surface area contributed by atoms with Crippen LogP contribution in [0.2, 0.25) is 0 Å². The average Bonchev–Trinajstić information content (AvgIpc) is 3.18. The van der Waals surface area contributed by atoms with Crippen LogP contribution in [0.4, 0.5) is 0 Å². The van der Waals surface area contributed by atoms with Gasteiger partial charge in [0.1, 0.15) is 0 Å². The van der Waals surface area contributed by atoms with Gasteiger partial charge in [-0.1, -0.05) is 13.0 Å². The zero-order valence-corrected chi connectivity index (χ0v) is 18.2. The molecule has 0 aliphatic rings. The minimum atomic E-state index is 0.629. The van der Waals surface area contributed by atoms with E-state index in [1.807, 2.05) is 13.0 Å². The van der Waals surface area contributed by atoms with E-state index < -0.39 is 0 Å². The molecule has 0 aliphatic carbocycles. The van der Waals surface area contributed by atoms with Gasteiger partial charge in [0, 0.05) is 31.9 Å². The Morgan fingerprint density at radius 2 is 1.96 bits per heavy atom. The highest BCUT2D eigenvalue weighted by molar-refractivity contribution is 7.09. The molecule has 154 valence electrons. The molecular weight excluding hydrogens is 372 g/mol. The van der Waals surface area contributed by atoms with E-state index >= 15 is 0 Å². The number of ether oxygens (including phenoxy) is 2. The molecule has 0 unspecified atom stereocenters. The van der Waals surface area contributed by atoms with E-state index in [0.717, 1.165) is 61.9 Å². The van der Waals surface area contributed by atoms with Gasteiger partial charge >= 0.3 is 0 Å². The van der Waals surface area contributed by atoms with Crippen molar-refractivity contribution in [2.45, 2.75) is 39.5 Å². The fourth-order valence-electron chi connectivity index (χ4n) is 2.80. The molecule has 2 N–H and O–H groups in total. The van der Waals surface area contributed by atoms with Crippen molar-refractivity contribution >= 4 is 17.3 Å². The van der Waals surface area contributed by atoms with Gasteiger partial charge in [-0.15, -0.1) is 11.3 Å². The Kier molecular flexibility index (Phi) is 9.62. The van der Waals surface area contributed by atoms with Crippen molar-refractivity contribution in [2.75, 3.05) is 33.9 Å². The van der Waals surface area contributed by atoms with Crippen molar-refractivity contribution in [3.05, 3.63) is 39.8 Å². The zero-order chi connectivity index (χ0) is 20.2. The number of aromatic nitrogens is 1. The summed E-state index contributed by atoms with van der Waals surface area (Å²) in [6.45, 7) is 6.42. The molecule has 0 saturated heterocycles. The number of nitrogens with one attached hydrogen (secondary N) is 2. The molecule has 0 saturated carbocycles. The first kappa shape index (κ1) is 22.0. The molecule has 1 aromatic carbocycles. The number of hydrogen-bond acceptors (Lipinski definition) is 5. The molecule has 2 aromatic rings. The molecule has 28 heavy (non-hydrogen) atoms. The van der Waals surface area contributed by atoms with Gasteiger partial charge in [0.05, 0.1) is 24.4 Å². The van der Waals surface area contributed by atoms with Crippen molar-refractivity contribution in [3.8, 4) is 11.5 Å². The van der Waals surface area contributed by atoms with Gasteiger partial charge in [-0.05, 0) is 43.9 Å². The zero-order valence-electron chi connectivity index (χ0n) is 17.4. The van der Waals surface area contributed by atoms with Crippen molar-refractivity contribution < 1.29 is 9.47 Å². The normalized spacial score (nSPS) is 11.4. The summed E-state index contributed by atoms with van der Waals surface area (Å²) < 4.78 is 11.0. The molecule has 0 radical (unpaired) electrons. The maximum atomic E-state index is 5.65. The molecule has 0 fully saturated rings. The molecule has 0 amide bonds. The SMILES string of the molecule is CCOc1cc(CCCNC(=NC)NCCc2csc(CC)n2)ccc1OC. The summed E-state index contributed by atoms with van der Waals surface area (Å²) in [6.07, 6.45) is 3.88. The van der Waals surface area contributed by atoms with Crippen molar-refractivity contribution in [1.29, 1.82) is 0 Å². The molecule has 0 bridgehead atoms. The second kappa shape index (κ2) is 12.2. The third-order valence-electron chi connectivity index (χ3n) is 4.26. The predicted molar refractivity (Wildman–Crippen MR) is 117 cm³/mol. The number of hydrogen-bond donors (Lipinski definition) is 2. The van der Waals surface area contributed by atoms with Crippen LogP contribution in [0.25, 0.3) is 0 Å². The summed E-state index contributed by atoms with van der Waals surface area (Å²) in [6, 6.07) is 6.12. The van der Waals surface area contributed by atoms with Crippen molar-refractivity contribution in [2.24, 2.45) is 4.99 Å². The summed E-state index contributed by atoms with van der Waals surface area (Å²) >= 11 is 1.73. The Bertz CT molecular complexity index is 746. The fourth-order valence-corrected chi connectivity index (χ4v) is 3.58. The minimum Gasteiger partial charge on any atom is -0.493 e. The first-order valence-corrected chi connectivity index (χ1v) is 10.8. The Morgan fingerprint density at radius 1 is 1.14 bits per heavy atom. The lowest BCUT2D eigenvalue weighted by Gasteiger charge is -2.13. The Balaban J connectivity index is 1.70. The Morgan fingerprint density at radius 3 is 2.64 bits per heavy atom. The standard InChI is InChI=1S/C21H32N4O2S/c1-5-20-25-17(15-28-20)11-13-24-21(22-3)23-12-7-8-16-9-10-18(26-4)19(14-16)27-6-2/h9-10,14-15H,5-8,11-13H2,1-4H3,(H2,22,23,24). The maximum Gasteiger partial charge on any atom is 0.190 e. The average molecular weight is 405 g/mol. The predicted octanol–water partition coefficient (Wildman–Crippen LogP) is 3.45. The summed E-state index contributed by atoms with van der Waals surface area (Å²) in [7, 11) is 3.46. The monoisotopic (exact) mass is 404 g/mol. The lowest BCUT2D eigenvalue weighted by Crippen LogP contribution is -2.38. The highest BCUT2D eigenvalue weighted by atomic mass is 32.1. The number of aryl methyl sites for hydroxylation is 2. The molecule has 1 aromatic heterocycles. The van der Waals surface area contributed by atoms with Crippen LogP contribution in [0.5, 0.6) is 11.5 Å². The number of thiazole rings is 1. The van der Waals surface area contributed by atoms with Crippen LogP contribution >= 0.6 is 11.3 Å². The smallest absolute Gasteiger partial charge is 0.190 e. The van der Waals surface area contributed by atoms with Crippen molar-refractivity contribution in [3.63, 3.8) is 0 Å². The number of guanidine groups is 1. The molecule has 0 aliphatic heterocycles. The Hall–Kier alpha value is -2.28. The first-order valence-electron chi connectivity index (χ1n) is 9.87. The molecule has 0 atom stereocenters. The lowest BCUT2D eigenvalue weighted by molar-refractivity contribution is 0.310. The highest BCUT2D eigenvalue weighted by Crippen LogP contribution is 2.28. The number of benzene rings is 1. The second-order valence-electron chi connectivity index (χ2n) is 6.28. The maximum absolute atomic E-state index is 5.65. The van der Waals surface area contributed by atoms with Gasteiger partial charge in [-0.25, -0.2) is 4.98 Å². The molecule has 7 heteroatoms. The molecule has 6 nitrogen and oxygen atoms in total. The van der Waals surface area contributed by atoms with Gasteiger partial charge in [-0.2, -0.15) is 0 Å². The third-order valence-corrected chi connectivity index (χ3v) is 5.30. The van der Waals surface area contributed by atoms with Crippen LogP contribution in [-0.2, 0) is 19.3 Å². The van der Waals surface area contributed by atoms with Gasteiger partial charge in [-0.3, -0.25) is 4.99 Å². The van der Waals surface area contributed by atoms with Crippen molar-refractivity contribution in [1.82, 2.24) is 15.6 Å². The molecular formula is C21H32N4O2S. The highest BCUT2D eigenvalue weighted by Gasteiger charge is 2.06. The van der Waals surface area contributed by atoms with E-state index in [9.17, 15) is 0 Å². The number of rotatable bonds is 11. The Labute approximate surface area is 172 Å². The van der Waals surface area contributed by atoms with Crippen LogP contribution in [0.15, 0.2) is 28.6 Å². The van der Waals surface area contributed by atoms with Crippen LogP contribution in [0.3, 0.4) is 0 Å². The van der Waals surface area contributed by atoms with Gasteiger partial charge < -0.3 is 20.1 Å². The van der Waals surface area contributed by atoms with Gasteiger partial charge in [0.2, 0.25) is 0 Å². The lowest BCUT2D eigenvalue weighted by atomic mass is 10.1. The van der Waals surface area contributed by atoms with E-state index in [0.29, 0.717) is 6.61 Å². The number of methoxy groups -OCH3 is 1. The minimum absolute atomic E-state index is 0.629. The molecule has 1 heterocycles. The van der Waals surface area contributed by atoms with Crippen LogP contribution in [-0.4, -0.2) is 44.8 Å². The van der Waals surface area contributed by atoms with Gasteiger partial charge in [0.15, 0.2) is 17.5 Å². The second-order valence-corrected chi connectivity index (χ2v) is 7.23. The summed E-state index contributed by atoms with van der Waals surface area (Å²) in [4.78, 5) is 8.88. The van der Waals surface area contributed by atoms with Crippen LogP contribution in [0.1, 0.15) is 36.5 Å². The summed E-state index contributed by atoms with van der Waals surface area (Å²) in [5, 5.41) is 10.1. The third kappa shape index (κ3) is 7.03. The largest absolute Gasteiger partial charge is 0.493 e. The van der Waals surface area contributed by atoms with E-state index in [1.165, 1.54) is 10.6 Å². The number of nitrogens with zero attached hydrogens (tertiary/aromatic N) is 2. The van der Waals surface area contributed by atoms with Gasteiger partial charge in [0.25, 0.3) is 0 Å². The molecule has 0 spiro atoms. The van der Waals surface area contributed by atoms with E-state index in [4.69, 9.17) is 9.47 Å². The summed E-state index contributed by atoms with van der Waals surface area (Å²) in [5.74, 6) is 2.41. The quantitative estimate of drug-likeness (QED) is 0.341. The topological polar surface area (TPSA) is 67.8 Å².